The minimum Gasteiger partial charge on any atom is -0.140 e. The van der Waals surface area contributed by atoms with E-state index in [1.165, 1.54) is 38.7 Å². The van der Waals surface area contributed by atoms with Crippen LogP contribution in [0.5, 0.6) is 0 Å². The molecule has 4 rings (SSSR count). The first-order valence-electron chi connectivity index (χ1n) is 7.11. The van der Waals surface area contributed by atoms with Gasteiger partial charge in [0.1, 0.15) is 0 Å². The van der Waals surface area contributed by atoms with Crippen molar-refractivity contribution in [3.05, 3.63) is 55.9 Å². The first-order chi connectivity index (χ1) is 10.5. The Kier molecular flexibility index (Phi) is 4.83. The highest BCUT2D eigenvalue weighted by Gasteiger charge is 2.02. The molecule has 0 aliphatic carbocycles. The smallest absolute Gasteiger partial charge is 0.0456 e. The van der Waals surface area contributed by atoms with Crippen molar-refractivity contribution in [2.24, 2.45) is 0 Å². The molecule has 4 heteroatoms. The Morgan fingerprint density at radius 3 is 1.23 bits per heavy atom. The third-order valence-corrected chi connectivity index (χ3v) is 7.50. The molecule has 0 atom stereocenters. The Morgan fingerprint density at radius 2 is 0.909 bits per heavy atom. The van der Waals surface area contributed by atoms with E-state index in [9.17, 15) is 0 Å². The fraction of sp³-hybridized carbons (Fsp3) is 0.222. The summed E-state index contributed by atoms with van der Waals surface area (Å²) in [6.45, 7) is 8.61. The summed E-state index contributed by atoms with van der Waals surface area (Å²) in [6, 6.07) is 13.3. The number of fused-ring (bicyclic) bond motifs is 1. The van der Waals surface area contributed by atoms with E-state index in [-0.39, 0.29) is 0 Å². The summed E-state index contributed by atoms with van der Waals surface area (Å²) in [5.41, 5.74) is 0. The molecular formula is C18H18S4. The predicted molar refractivity (Wildman–Crippen MR) is 106 cm³/mol. The van der Waals surface area contributed by atoms with Crippen LogP contribution in [0.15, 0.2) is 36.4 Å². The van der Waals surface area contributed by atoms with Crippen LogP contribution in [-0.2, 0) is 0 Å². The van der Waals surface area contributed by atoms with Crippen molar-refractivity contribution in [2.75, 3.05) is 0 Å². The van der Waals surface area contributed by atoms with E-state index in [0.29, 0.717) is 0 Å². The fourth-order valence-corrected chi connectivity index (χ4v) is 6.27. The molecule has 114 valence electrons. The lowest BCUT2D eigenvalue weighted by Crippen LogP contribution is -1.55. The first-order valence-corrected chi connectivity index (χ1v) is 10.4. The quantitative estimate of drug-likeness (QED) is 0.326. The third kappa shape index (κ3) is 3.69. The number of aryl methyl sites for hydroxylation is 4. The van der Waals surface area contributed by atoms with Crippen LogP contribution in [0.25, 0.3) is 19.2 Å². The van der Waals surface area contributed by atoms with E-state index >= 15 is 0 Å². The van der Waals surface area contributed by atoms with Gasteiger partial charge in [-0.25, -0.2) is 0 Å². The number of hydrogen-bond acceptors (Lipinski definition) is 4. The topological polar surface area (TPSA) is 0 Å². The van der Waals surface area contributed by atoms with Crippen molar-refractivity contribution in [3.63, 3.8) is 0 Å². The van der Waals surface area contributed by atoms with Crippen molar-refractivity contribution in [3.8, 4) is 9.75 Å². The van der Waals surface area contributed by atoms with Crippen molar-refractivity contribution in [2.45, 2.75) is 27.7 Å². The second-order valence-electron chi connectivity index (χ2n) is 5.26. The monoisotopic (exact) mass is 362 g/mol. The zero-order valence-corrected chi connectivity index (χ0v) is 16.4. The van der Waals surface area contributed by atoms with Gasteiger partial charge in [-0.05, 0) is 64.1 Å². The Hall–Kier alpha value is -0.940. The van der Waals surface area contributed by atoms with E-state index in [0.717, 1.165) is 0 Å². The van der Waals surface area contributed by atoms with Gasteiger partial charge in [0.05, 0.1) is 0 Å². The van der Waals surface area contributed by atoms with Gasteiger partial charge >= 0.3 is 0 Å². The number of hydrogen-bond donors (Lipinski definition) is 0. The van der Waals surface area contributed by atoms with Crippen LogP contribution >= 0.6 is 45.3 Å². The van der Waals surface area contributed by atoms with E-state index in [4.69, 9.17) is 0 Å². The molecule has 0 aliphatic heterocycles. The summed E-state index contributed by atoms with van der Waals surface area (Å²) in [4.78, 5) is 8.39. The minimum absolute atomic E-state index is 1.39. The highest BCUT2D eigenvalue weighted by Crippen LogP contribution is 2.33. The zero-order chi connectivity index (χ0) is 15.7. The highest BCUT2D eigenvalue weighted by molar-refractivity contribution is 7.27. The van der Waals surface area contributed by atoms with Gasteiger partial charge in [-0.15, -0.1) is 45.3 Å². The molecule has 4 aromatic rings. The predicted octanol–water partition coefficient (Wildman–Crippen LogP) is 7.67. The third-order valence-electron chi connectivity index (χ3n) is 3.18. The van der Waals surface area contributed by atoms with Gasteiger partial charge in [0.15, 0.2) is 0 Å². The maximum Gasteiger partial charge on any atom is 0.0456 e. The lowest BCUT2D eigenvalue weighted by Gasteiger charge is -1.87. The van der Waals surface area contributed by atoms with Gasteiger partial charge in [-0.3, -0.25) is 0 Å². The van der Waals surface area contributed by atoms with Crippen molar-refractivity contribution >= 4 is 54.7 Å². The molecule has 0 aliphatic rings. The highest BCUT2D eigenvalue weighted by atomic mass is 32.1. The van der Waals surface area contributed by atoms with E-state index in [1.807, 2.05) is 45.3 Å². The van der Waals surface area contributed by atoms with Crippen LogP contribution in [0, 0.1) is 27.7 Å². The Bertz CT molecular complexity index is 784. The van der Waals surface area contributed by atoms with E-state index < -0.39 is 0 Å². The van der Waals surface area contributed by atoms with Crippen LogP contribution in [0.1, 0.15) is 19.5 Å². The first kappa shape index (κ1) is 15.9. The second-order valence-corrected chi connectivity index (χ2v) is 10.4. The summed E-state index contributed by atoms with van der Waals surface area (Å²) in [6.07, 6.45) is 0. The Balaban J connectivity index is 0.000000133. The molecule has 4 aromatic heterocycles. The SMILES string of the molecule is Cc1cc2sc(C)cc2s1.Cc1ccc(-c2ccc(C)s2)s1. The molecule has 0 N–H and O–H groups in total. The summed E-state index contributed by atoms with van der Waals surface area (Å²) in [7, 11) is 0. The van der Waals surface area contributed by atoms with Crippen LogP contribution in [0.2, 0.25) is 0 Å². The number of rotatable bonds is 1. The normalized spacial score (nSPS) is 10.7. The zero-order valence-electron chi connectivity index (χ0n) is 13.1. The molecule has 0 fully saturated rings. The molecule has 0 bridgehead atoms. The van der Waals surface area contributed by atoms with Gasteiger partial charge in [0.25, 0.3) is 0 Å². The van der Waals surface area contributed by atoms with Crippen LogP contribution in [0.4, 0.5) is 0 Å². The lowest BCUT2D eigenvalue weighted by atomic mass is 10.3. The maximum absolute atomic E-state index is 2.26. The molecule has 0 amide bonds. The fourth-order valence-electron chi connectivity index (χ4n) is 2.21. The molecule has 0 saturated carbocycles. The lowest BCUT2D eigenvalue weighted by molar-refractivity contribution is 1.64. The average molecular weight is 363 g/mol. The molecular weight excluding hydrogens is 344 g/mol. The molecule has 0 radical (unpaired) electrons. The number of thiophene rings is 4. The summed E-state index contributed by atoms with van der Waals surface area (Å²) < 4.78 is 2.89. The van der Waals surface area contributed by atoms with Crippen molar-refractivity contribution in [1.29, 1.82) is 0 Å². The molecule has 0 saturated heterocycles. The maximum atomic E-state index is 2.26. The van der Waals surface area contributed by atoms with E-state index in [2.05, 4.69) is 64.1 Å². The molecule has 22 heavy (non-hydrogen) atoms. The van der Waals surface area contributed by atoms with Crippen LogP contribution in [0.3, 0.4) is 0 Å². The summed E-state index contributed by atoms with van der Waals surface area (Å²) >= 11 is 7.50. The van der Waals surface area contributed by atoms with Gasteiger partial charge in [-0.2, -0.15) is 0 Å². The largest absolute Gasteiger partial charge is 0.140 e. The van der Waals surface area contributed by atoms with Gasteiger partial charge in [0, 0.05) is 38.7 Å². The van der Waals surface area contributed by atoms with Crippen molar-refractivity contribution < 1.29 is 0 Å². The Morgan fingerprint density at radius 1 is 0.500 bits per heavy atom. The standard InChI is InChI=1S/C10H10S2.C8H8S2/c1-7-3-5-9(11-7)10-6-4-8(2)12-10;1-5-3-7-8(9-5)4-6(2)10-7/h3-6H,1-2H3;3-4H,1-2H3. The van der Waals surface area contributed by atoms with Crippen LogP contribution < -0.4 is 0 Å². The van der Waals surface area contributed by atoms with E-state index in [1.54, 1.807) is 0 Å². The molecule has 4 heterocycles. The second kappa shape index (κ2) is 6.67. The van der Waals surface area contributed by atoms with Crippen molar-refractivity contribution in [1.82, 2.24) is 0 Å². The summed E-state index contributed by atoms with van der Waals surface area (Å²) in [5.74, 6) is 0. The van der Waals surface area contributed by atoms with Crippen LogP contribution in [-0.4, -0.2) is 0 Å². The minimum atomic E-state index is 1.39. The molecule has 0 nitrogen and oxygen atoms in total. The average Bonchev–Trinajstić information content (AvgIpc) is 3.16. The summed E-state index contributed by atoms with van der Waals surface area (Å²) in [5, 5.41) is 0. The Labute approximate surface area is 147 Å². The van der Waals surface area contributed by atoms with Gasteiger partial charge < -0.3 is 0 Å². The molecule has 0 aromatic carbocycles. The van der Waals surface area contributed by atoms with Gasteiger partial charge in [0.2, 0.25) is 0 Å². The molecule has 0 spiro atoms. The van der Waals surface area contributed by atoms with Gasteiger partial charge in [-0.1, -0.05) is 0 Å². The molecule has 0 unspecified atom stereocenters.